The second-order valence-electron chi connectivity index (χ2n) is 3.54. The van der Waals surface area contributed by atoms with Gasteiger partial charge in [0.15, 0.2) is 0 Å². The minimum absolute atomic E-state index is 0.233. The van der Waals surface area contributed by atoms with Crippen LogP contribution in [-0.2, 0) is 9.59 Å². The molecule has 4 heteroatoms. The van der Waals surface area contributed by atoms with Crippen molar-refractivity contribution in [3.63, 3.8) is 0 Å². The van der Waals surface area contributed by atoms with Crippen LogP contribution < -0.4 is 5.73 Å². The van der Waals surface area contributed by atoms with Crippen molar-refractivity contribution in [1.82, 2.24) is 4.90 Å². The summed E-state index contributed by atoms with van der Waals surface area (Å²) in [5, 5.41) is 0. The van der Waals surface area contributed by atoms with Crippen molar-refractivity contribution in [2.24, 2.45) is 11.7 Å². The minimum Gasteiger partial charge on any atom is -0.368 e. The van der Waals surface area contributed by atoms with E-state index in [4.69, 9.17) is 15.3 Å². The fourth-order valence-electron chi connectivity index (χ4n) is 1.81. The topological polar surface area (TPSA) is 63.4 Å². The Morgan fingerprint density at radius 3 is 3.13 bits per heavy atom. The molecule has 0 aliphatic carbocycles. The highest BCUT2D eigenvalue weighted by molar-refractivity contribution is 5.87. The summed E-state index contributed by atoms with van der Waals surface area (Å²) in [6, 6.07) is -0.896. The van der Waals surface area contributed by atoms with E-state index in [9.17, 15) is 9.59 Å². The quantitative estimate of drug-likeness (QED) is 0.746. The Morgan fingerprint density at radius 1 is 1.87 bits per heavy atom. The zero-order valence-electron chi connectivity index (χ0n) is 15.6. The molecule has 1 heterocycles. The normalized spacial score (nSPS) is 32.9. The third kappa shape index (κ3) is 2.70. The van der Waals surface area contributed by atoms with Gasteiger partial charge in [-0.05, 0) is 18.7 Å². The summed E-state index contributed by atoms with van der Waals surface area (Å²) in [6.45, 7) is -1.75. The molecule has 0 spiro atoms. The molecule has 2 N–H and O–H groups in total. The Bertz CT molecular complexity index is 464. The van der Waals surface area contributed by atoms with Gasteiger partial charge in [-0.25, -0.2) is 0 Å². The highest BCUT2D eigenvalue weighted by Gasteiger charge is 2.35. The van der Waals surface area contributed by atoms with Crippen LogP contribution in [0.15, 0.2) is 0 Å². The van der Waals surface area contributed by atoms with Crippen molar-refractivity contribution in [3.8, 4) is 0 Å². The fraction of sp³-hybridized carbons (Fsp3) is 0.818. The summed E-state index contributed by atoms with van der Waals surface area (Å²) in [7, 11) is 0. The van der Waals surface area contributed by atoms with Gasteiger partial charge in [0.1, 0.15) is 6.04 Å². The van der Waals surface area contributed by atoms with Crippen LogP contribution in [0, 0.1) is 5.92 Å². The van der Waals surface area contributed by atoms with Gasteiger partial charge in [0.25, 0.3) is 0 Å². The number of nitrogens with zero attached hydrogens (tertiary/aromatic N) is 1. The molecule has 0 bridgehead atoms. The average molecular weight is 219 g/mol. The third-order valence-corrected chi connectivity index (χ3v) is 2.53. The molecule has 4 nitrogen and oxygen atoms in total. The summed E-state index contributed by atoms with van der Waals surface area (Å²) in [4.78, 5) is 24.5. The van der Waals surface area contributed by atoms with E-state index in [1.165, 1.54) is 0 Å². The molecule has 1 aliphatic rings. The van der Waals surface area contributed by atoms with E-state index in [1.807, 2.05) is 0 Å². The van der Waals surface area contributed by atoms with E-state index in [1.54, 1.807) is 6.92 Å². The maximum Gasteiger partial charge on any atom is 0.240 e. The number of hydrogen-bond acceptors (Lipinski definition) is 2. The predicted octanol–water partition coefficient (Wildman–Crippen LogP) is 0.899. The first-order valence-electron chi connectivity index (χ1n) is 8.36. The minimum atomic E-state index is -3.17. The van der Waals surface area contributed by atoms with E-state index in [0.717, 1.165) is 4.90 Å². The van der Waals surface area contributed by atoms with Crippen LogP contribution in [0.2, 0.25) is 0 Å². The van der Waals surface area contributed by atoms with Crippen LogP contribution in [-0.4, -0.2) is 29.3 Å². The van der Waals surface area contributed by atoms with E-state index < -0.39 is 43.4 Å². The van der Waals surface area contributed by atoms with Gasteiger partial charge in [0.05, 0.1) is 0 Å². The second-order valence-corrected chi connectivity index (χ2v) is 3.54. The van der Waals surface area contributed by atoms with Crippen LogP contribution in [0.5, 0.6) is 0 Å². The standard InChI is InChI=1S/C11H20N2O2/c1-3-5-8-6-10(14)13(7-8)9(4-2)11(12)15/h8-9H,3-7H2,1-2H3,(H2,12,15)/i1D3,3D2,5D2. The monoisotopic (exact) mass is 219 g/mol. The molecular weight excluding hydrogens is 192 g/mol. The number of rotatable bonds is 5. The summed E-state index contributed by atoms with van der Waals surface area (Å²) < 4.78 is 52.6. The summed E-state index contributed by atoms with van der Waals surface area (Å²) >= 11 is 0. The van der Waals surface area contributed by atoms with Gasteiger partial charge < -0.3 is 10.6 Å². The Balaban J connectivity index is 3.06. The van der Waals surface area contributed by atoms with Crippen molar-refractivity contribution in [3.05, 3.63) is 0 Å². The highest BCUT2D eigenvalue weighted by Crippen LogP contribution is 2.24. The third-order valence-electron chi connectivity index (χ3n) is 2.53. The summed E-state index contributed by atoms with van der Waals surface area (Å²) in [5.74, 6) is -2.42. The van der Waals surface area contributed by atoms with Crippen LogP contribution >= 0.6 is 0 Å². The van der Waals surface area contributed by atoms with Crippen LogP contribution in [0.3, 0.4) is 0 Å². The van der Waals surface area contributed by atoms with Gasteiger partial charge in [-0.3, -0.25) is 9.59 Å². The zero-order chi connectivity index (χ0) is 17.5. The van der Waals surface area contributed by atoms with Crippen molar-refractivity contribution in [2.75, 3.05) is 6.54 Å². The van der Waals surface area contributed by atoms with Gasteiger partial charge >= 0.3 is 0 Å². The van der Waals surface area contributed by atoms with E-state index in [0.29, 0.717) is 0 Å². The van der Waals surface area contributed by atoms with E-state index >= 15 is 0 Å². The molecule has 1 aliphatic heterocycles. The van der Waals surface area contributed by atoms with Gasteiger partial charge in [-0.2, -0.15) is 0 Å². The average Bonchev–Trinajstić information content (AvgIpc) is 2.71. The van der Waals surface area contributed by atoms with Crippen LogP contribution in [0.25, 0.3) is 0 Å². The van der Waals surface area contributed by atoms with E-state index in [2.05, 4.69) is 0 Å². The van der Waals surface area contributed by atoms with Crippen LogP contribution in [0.1, 0.15) is 49.0 Å². The first-order valence-corrected chi connectivity index (χ1v) is 4.86. The van der Waals surface area contributed by atoms with E-state index in [-0.39, 0.29) is 19.4 Å². The lowest BCUT2D eigenvalue weighted by Gasteiger charge is -2.24. The molecule has 2 amide bonds. The lowest BCUT2D eigenvalue weighted by molar-refractivity contribution is -0.136. The number of primary amides is 1. The maximum atomic E-state index is 12.0. The molecule has 15 heavy (non-hydrogen) atoms. The predicted molar refractivity (Wildman–Crippen MR) is 58.0 cm³/mol. The molecule has 1 rings (SSSR count). The van der Waals surface area contributed by atoms with Crippen LogP contribution in [0.4, 0.5) is 0 Å². The smallest absolute Gasteiger partial charge is 0.240 e. The SMILES string of the molecule is [2H]C([2H])([2H])C([2H])([2H])C([2H])([2H])C1CC(=O)N(C(CC)C(N)=O)C1. The molecule has 0 aromatic heterocycles. The summed E-state index contributed by atoms with van der Waals surface area (Å²) in [6.07, 6.45) is -5.97. The molecule has 0 aromatic rings. The van der Waals surface area contributed by atoms with Crippen molar-refractivity contribution < 1.29 is 19.2 Å². The lowest BCUT2D eigenvalue weighted by atomic mass is 10.0. The van der Waals surface area contributed by atoms with Crippen molar-refractivity contribution >= 4 is 11.8 Å². The first-order chi connectivity index (χ1) is 9.77. The molecule has 0 aromatic carbocycles. The Kier molecular flexibility index (Phi) is 1.83. The highest BCUT2D eigenvalue weighted by atomic mass is 16.2. The number of amides is 2. The number of carbonyl (C=O) groups is 2. The summed E-state index contributed by atoms with van der Waals surface area (Å²) in [5.41, 5.74) is 5.21. The fourth-order valence-corrected chi connectivity index (χ4v) is 1.81. The second kappa shape index (κ2) is 5.14. The van der Waals surface area contributed by atoms with Gasteiger partial charge in [-0.15, -0.1) is 0 Å². The molecule has 0 radical (unpaired) electrons. The molecule has 2 atom stereocenters. The first kappa shape index (κ1) is 5.32. The largest absolute Gasteiger partial charge is 0.368 e. The molecular formula is C11H20N2O2. The molecule has 2 unspecified atom stereocenters. The number of likely N-dealkylation sites (tertiary alicyclic amines) is 1. The number of carbonyl (C=O) groups excluding carboxylic acids is 2. The molecule has 1 fully saturated rings. The van der Waals surface area contributed by atoms with Crippen molar-refractivity contribution in [2.45, 2.75) is 45.4 Å². The van der Waals surface area contributed by atoms with Gasteiger partial charge in [-0.1, -0.05) is 20.1 Å². The Hall–Kier alpha value is -1.06. The maximum absolute atomic E-state index is 12.0. The number of nitrogens with two attached hydrogens (primary N) is 1. The van der Waals surface area contributed by atoms with Gasteiger partial charge in [0, 0.05) is 22.6 Å². The Morgan fingerprint density at radius 2 is 2.60 bits per heavy atom. The lowest BCUT2D eigenvalue weighted by Crippen LogP contribution is -2.45. The zero-order valence-corrected chi connectivity index (χ0v) is 8.62. The molecule has 86 valence electrons. The van der Waals surface area contributed by atoms with Gasteiger partial charge in [0.2, 0.25) is 11.8 Å². The van der Waals surface area contributed by atoms with Crippen molar-refractivity contribution in [1.29, 1.82) is 0 Å². The Labute approximate surface area is 101 Å². The molecule has 0 saturated carbocycles. The molecule has 1 saturated heterocycles. The number of hydrogen-bond donors (Lipinski definition) is 1.